The lowest BCUT2D eigenvalue weighted by molar-refractivity contribution is -0.155. The quantitative estimate of drug-likeness (QED) is 0.733. The summed E-state index contributed by atoms with van der Waals surface area (Å²) in [5, 5.41) is 0. The topological polar surface area (TPSA) is 49.9 Å². The third kappa shape index (κ3) is 3.82. The summed E-state index contributed by atoms with van der Waals surface area (Å²) in [5.74, 6) is -0.0207. The number of carbonyl (C=O) groups excluding carboxylic acids is 2. The van der Waals surface area contributed by atoms with E-state index in [0.29, 0.717) is 26.2 Å². The molecule has 0 spiro atoms. The summed E-state index contributed by atoms with van der Waals surface area (Å²) in [4.78, 5) is 27.8. The van der Waals surface area contributed by atoms with Gasteiger partial charge in [0.25, 0.3) is 0 Å². The molecule has 21 heavy (non-hydrogen) atoms. The van der Waals surface area contributed by atoms with Gasteiger partial charge in [0.15, 0.2) is 0 Å². The number of benzene rings is 1. The third-order valence-corrected chi connectivity index (χ3v) is 3.68. The molecule has 0 unspecified atom stereocenters. The average molecular weight is 290 g/mol. The zero-order valence-electron chi connectivity index (χ0n) is 12.6. The van der Waals surface area contributed by atoms with Gasteiger partial charge in [-0.05, 0) is 12.5 Å². The highest BCUT2D eigenvalue weighted by Gasteiger charge is 2.37. The summed E-state index contributed by atoms with van der Waals surface area (Å²) >= 11 is 0. The molecule has 1 atom stereocenters. The predicted octanol–water partition coefficient (Wildman–Crippen LogP) is 0.935. The molecular formula is C16H22N2O3. The molecule has 2 rings (SSSR count). The third-order valence-electron chi connectivity index (χ3n) is 3.68. The number of amides is 2. The maximum Gasteiger partial charge on any atom is 0.245 e. The molecule has 1 heterocycles. The van der Waals surface area contributed by atoms with Gasteiger partial charge in [-0.3, -0.25) is 9.59 Å². The maximum absolute atomic E-state index is 12.4. The van der Waals surface area contributed by atoms with E-state index in [9.17, 15) is 9.59 Å². The van der Waals surface area contributed by atoms with Crippen LogP contribution in [0.5, 0.6) is 0 Å². The molecule has 0 bridgehead atoms. The van der Waals surface area contributed by atoms with Crippen molar-refractivity contribution in [1.29, 1.82) is 0 Å². The lowest BCUT2D eigenvalue weighted by Crippen LogP contribution is -2.60. The number of hydrogen-bond donors (Lipinski definition) is 0. The first kappa shape index (κ1) is 15.5. The van der Waals surface area contributed by atoms with Gasteiger partial charge < -0.3 is 14.5 Å². The van der Waals surface area contributed by atoms with Crippen LogP contribution in [0.25, 0.3) is 0 Å². The number of carbonyl (C=O) groups is 2. The van der Waals surface area contributed by atoms with Crippen LogP contribution in [0.1, 0.15) is 12.5 Å². The van der Waals surface area contributed by atoms with E-state index < -0.39 is 6.04 Å². The van der Waals surface area contributed by atoms with Crippen molar-refractivity contribution in [3.05, 3.63) is 35.9 Å². The van der Waals surface area contributed by atoms with E-state index in [2.05, 4.69) is 0 Å². The summed E-state index contributed by atoms with van der Waals surface area (Å²) in [6.45, 7) is 3.60. The smallest absolute Gasteiger partial charge is 0.245 e. The fourth-order valence-corrected chi connectivity index (χ4v) is 2.56. The Morgan fingerprint density at radius 1 is 1.24 bits per heavy atom. The fourth-order valence-electron chi connectivity index (χ4n) is 2.56. The van der Waals surface area contributed by atoms with Crippen molar-refractivity contribution in [2.45, 2.75) is 19.4 Å². The Morgan fingerprint density at radius 3 is 2.62 bits per heavy atom. The van der Waals surface area contributed by atoms with Gasteiger partial charge in [0, 0.05) is 26.6 Å². The summed E-state index contributed by atoms with van der Waals surface area (Å²) in [6, 6.07) is 9.35. The summed E-state index contributed by atoms with van der Waals surface area (Å²) in [7, 11) is 1.68. The van der Waals surface area contributed by atoms with Crippen LogP contribution < -0.4 is 0 Å². The highest BCUT2D eigenvalue weighted by molar-refractivity contribution is 5.94. The summed E-state index contributed by atoms with van der Waals surface area (Å²) in [6.07, 6.45) is 0.544. The zero-order chi connectivity index (χ0) is 15.2. The number of rotatable bonds is 6. The monoisotopic (exact) mass is 290 g/mol. The van der Waals surface area contributed by atoms with Crippen LogP contribution in [0, 0.1) is 0 Å². The molecule has 0 aromatic heterocycles. The van der Waals surface area contributed by atoms with Crippen LogP contribution in [0.15, 0.2) is 30.3 Å². The van der Waals surface area contributed by atoms with Gasteiger partial charge in [-0.15, -0.1) is 0 Å². The minimum atomic E-state index is -0.431. The molecule has 0 aliphatic carbocycles. The second-order valence-electron chi connectivity index (χ2n) is 5.18. The van der Waals surface area contributed by atoms with Gasteiger partial charge in [-0.25, -0.2) is 0 Å². The van der Waals surface area contributed by atoms with E-state index in [4.69, 9.17) is 4.74 Å². The van der Waals surface area contributed by atoms with E-state index in [1.807, 2.05) is 37.3 Å². The first-order valence-electron chi connectivity index (χ1n) is 7.29. The Kier molecular flexibility index (Phi) is 5.33. The van der Waals surface area contributed by atoms with Crippen LogP contribution in [0.3, 0.4) is 0 Å². The number of piperazine rings is 1. The second kappa shape index (κ2) is 7.22. The van der Waals surface area contributed by atoms with Crippen LogP contribution in [0.4, 0.5) is 0 Å². The van der Waals surface area contributed by atoms with Crippen molar-refractivity contribution in [2.75, 3.05) is 33.4 Å². The number of ether oxygens (including phenoxy) is 1. The standard InChI is InChI=1S/C16H22N2O3/c1-3-21-10-9-18-14(11-13-7-5-4-6-8-13)16(20)17(2)12-15(18)19/h4-8,14H,3,9-12H2,1-2H3/t14-/m0/s1. The van der Waals surface area contributed by atoms with Crippen molar-refractivity contribution in [3.63, 3.8) is 0 Å². The van der Waals surface area contributed by atoms with Crippen molar-refractivity contribution >= 4 is 11.8 Å². The Bertz CT molecular complexity index is 490. The minimum Gasteiger partial charge on any atom is -0.380 e. The van der Waals surface area contributed by atoms with Gasteiger partial charge in [0.2, 0.25) is 11.8 Å². The lowest BCUT2D eigenvalue weighted by Gasteiger charge is -2.38. The summed E-state index contributed by atoms with van der Waals surface area (Å²) < 4.78 is 5.33. The highest BCUT2D eigenvalue weighted by atomic mass is 16.5. The molecule has 1 aromatic carbocycles. The molecule has 1 aliphatic rings. The Balaban J connectivity index is 2.13. The molecule has 0 radical (unpaired) electrons. The first-order valence-corrected chi connectivity index (χ1v) is 7.29. The molecule has 0 N–H and O–H groups in total. The van der Waals surface area contributed by atoms with Crippen molar-refractivity contribution < 1.29 is 14.3 Å². The number of likely N-dealkylation sites (N-methyl/N-ethyl adjacent to an activating group) is 1. The molecule has 114 valence electrons. The van der Waals surface area contributed by atoms with E-state index >= 15 is 0 Å². The molecule has 1 aliphatic heterocycles. The first-order chi connectivity index (χ1) is 10.1. The normalized spacial score (nSPS) is 19.2. The minimum absolute atomic E-state index is 0.00467. The molecule has 5 heteroatoms. The van der Waals surface area contributed by atoms with Crippen molar-refractivity contribution in [2.24, 2.45) is 0 Å². The van der Waals surface area contributed by atoms with Crippen LogP contribution in [-0.2, 0) is 20.7 Å². The molecule has 2 amide bonds. The molecule has 1 fully saturated rings. The van der Waals surface area contributed by atoms with Gasteiger partial charge >= 0.3 is 0 Å². The number of hydrogen-bond acceptors (Lipinski definition) is 3. The Labute approximate surface area is 125 Å². The van der Waals surface area contributed by atoms with Crippen LogP contribution in [-0.4, -0.2) is 61.0 Å². The van der Waals surface area contributed by atoms with Crippen LogP contribution >= 0.6 is 0 Å². The second-order valence-corrected chi connectivity index (χ2v) is 5.18. The largest absolute Gasteiger partial charge is 0.380 e. The van der Waals surface area contributed by atoms with Gasteiger partial charge in [-0.1, -0.05) is 30.3 Å². The molecule has 5 nitrogen and oxygen atoms in total. The molecule has 1 aromatic rings. The van der Waals surface area contributed by atoms with Crippen molar-refractivity contribution in [3.8, 4) is 0 Å². The van der Waals surface area contributed by atoms with E-state index in [1.54, 1.807) is 11.9 Å². The predicted molar refractivity (Wildman–Crippen MR) is 79.8 cm³/mol. The lowest BCUT2D eigenvalue weighted by atomic mass is 10.0. The zero-order valence-corrected chi connectivity index (χ0v) is 12.6. The Morgan fingerprint density at radius 2 is 1.95 bits per heavy atom. The fraction of sp³-hybridized carbons (Fsp3) is 0.500. The number of nitrogens with zero attached hydrogens (tertiary/aromatic N) is 2. The molecule has 1 saturated heterocycles. The SMILES string of the molecule is CCOCCN1C(=O)CN(C)C(=O)[C@@H]1Cc1ccccc1. The summed E-state index contributed by atoms with van der Waals surface area (Å²) in [5.41, 5.74) is 1.06. The maximum atomic E-state index is 12.4. The molecule has 0 saturated carbocycles. The van der Waals surface area contributed by atoms with Crippen molar-refractivity contribution in [1.82, 2.24) is 9.80 Å². The molecular weight excluding hydrogens is 268 g/mol. The van der Waals surface area contributed by atoms with E-state index in [1.165, 1.54) is 4.90 Å². The Hall–Kier alpha value is -1.88. The average Bonchev–Trinajstić information content (AvgIpc) is 2.49. The van der Waals surface area contributed by atoms with Gasteiger partial charge in [0.1, 0.15) is 6.04 Å². The highest BCUT2D eigenvalue weighted by Crippen LogP contribution is 2.16. The van der Waals surface area contributed by atoms with Crippen LogP contribution in [0.2, 0.25) is 0 Å². The van der Waals surface area contributed by atoms with Gasteiger partial charge in [-0.2, -0.15) is 0 Å². The van der Waals surface area contributed by atoms with E-state index in [0.717, 1.165) is 5.56 Å². The van der Waals surface area contributed by atoms with E-state index in [-0.39, 0.29) is 18.4 Å². The van der Waals surface area contributed by atoms with Gasteiger partial charge in [0.05, 0.1) is 13.2 Å².